The van der Waals surface area contributed by atoms with Gasteiger partial charge in [0.25, 0.3) is 0 Å². The van der Waals surface area contributed by atoms with Crippen LogP contribution in [0.25, 0.3) is 0 Å². The van der Waals surface area contributed by atoms with Crippen LogP contribution in [0.1, 0.15) is 19.3 Å². The third-order valence-corrected chi connectivity index (χ3v) is 2.80. The van der Waals surface area contributed by atoms with E-state index in [2.05, 4.69) is 0 Å². The molecule has 0 aromatic carbocycles. The Labute approximate surface area is 73.2 Å². The quantitative estimate of drug-likeness (QED) is 0.673. The molecule has 12 heavy (non-hydrogen) atoms. The molecule has 2 N–H and O–H groups in total. The standard InChI is InChI=1S/C9H17NO2/c10-5-7-3-9(4-7)12-8-1-2-11-6-8/h7-9H,1-6,10H2. The third kappa shape index (κ3) is 1.79. The average Bonchev–Trinajstić information content (AvgIpc) is 2.47. The summed E-state index contributed by atoms with van der Waals surface area (Å²) in [5, 5.41) is 0. The topological polar surface area (TPSA) is 44.5 Å². The van der Waals surface area contributed by atoms with E-state index < -0.39 is 0 Å². The van der Waals surface area contributed by atoms with Crippen molar-refractivity contribution in [3.8, 4) is 0 Å². The first-order chi connectivity index (χ1) is 5.88. The van der Waals surface area contributed by atoms with Crippen LogP contribution in [0.5, 0.6) is 0 Å². The summed E-state index contributed by atoms with van der Waals surface area (Å²) in [5.41, 5.74) is 5.52. The lowest BCUT2D eigenvalue weighted by Gasteiger charge is -2.35. The van der Waals surface area contributed by atoms with Crippen LogP contribution in [0, 0.1) is 5.92 Å². The summed E-state index contributed by atoms with van der Waals surface area (Å²) in [5.74, 6) is 0.720. The molecule has 2 aliphatic rings. The molecule has 1 saturated carbocycles. The van der Waals surface area contributed by atoms with Crippen LogP contribution < -0.4 is 5.73 Å². The van der Waals surface area contributed by atoms with Gasteiger partial charge in [-0.25, -0.2) is 0 Å². The van der Waals surface area contributed by atoms with Gasteiger partial charge in [-0.05, 0) is 31.7 Å². The van der Waals surface area contributed by atoms with Gasteiger partial charge < -0.3 is 15.2 Å². The maximum atomic E-state index is 5.80. The summed E-state index contributed by atoms with van der Waals surface area (Å²) in [6, 6.07) is 0. The maximum absolute atomic E-state index is 5.80. The zero-order valence-electron chi connectivity index (χ0n) is 7.37. The van der Waals surface area contributed by atoms with Crippen LogP contribution in [0.15, 0.2) is 0 Å². The molecule has 0 bridgehead atoms. The highest BCUT2D eigenvalue weighted by atomic mass is 16.6. The Bertz CT molecular complexity index is 139. The van der Waals surface area contributed by atoms with E-state index in [1.165, 1.54) is 0 Å². The van der Waals surface area contributed by atoms with Gasteiger partial charge in [0, 0.05) is 6.61 Å². The number of rotatable bonds is 3. The van der Waals surface area contributed by atoms with Gasteiger partial charge in [0.15, 0.2) is 0 Å². The first kappa shape index (κ1) is 8.48. The number of nitrogens with two attached hydrogens (primary N) is 1. The highest BCUT2D eigenvalue weighted by molar-refractivity contribution is 4.82. The minimum atomic E-state index is 0.369. The normalized spacial score (nSPS) is 41.2. The van der Waals surface area contributed by atoms with E-state index in [4.69, 9.17) is 15.2 Å². The first-order valence-corrected chi connectivity index (χ1v) is 4.81. The van der Waals surface area contributed by atoms with Crippen molar-refractivity contribution in [2.24, 2.45) is 11.7 Å². The third-order valence-electron chi connectivity index (χ3n) is 2.80. The molecule has 0 radical (unpaired) electrons. The molecule has 2 fully saturated rings. The van der Waals surface area contributed by atoms with Gasteiger partial charge in [0.1, 0.15) is 0 Å². The van der Waals surface area contributed by atoms with E-state index in [0.29, 0.717) is 12.2 Å². The Kier molecular flexibility index (Phi) is 2.63. The Morgan fingerprint density at radius 3 is 2.75 bits per heavy atom. The summed E-state index contributed by atoms with van der Waals surface area (Å²) in [6.45, 7) is 2.49. The molecule has 0 spiro atoms. The number of hydrogen-bond donors (Lipinski definition) is 1. The van der Waals surface area contributed by atoms with Gasteiger partial charge in [0.05, 0.1) is 18.8 Å². The molecule has 1 atom stereocenters. The molecule has 0 aromatic rings. The van der Waals surface area contributed by atoms with Crippen LogP contribution in [-0.4, -0.2) is 32.0 Å². The van der Waals surface area contributed by atoms with Crippen LogP contribution in [0.4, 0.5) is 0 Å². The smallest absolute Gasteiger partial charge is 0.0834 e. The van der Waals surface area contributed by atoms with E-state index >= 15 is 0 Å². The van der Waals surface area contributed by atoms with Crippen LogP contribution in [0.3, 0.4) is 0 Å². The molecule has 3 nitrogen and oxygen atoms in total. The molecule has 1 unspecified atom stereocenters. The lowest BCUT2D eigenvalue weighted by Crippen LogP contribution is -2.38. The zero-order valence-corrected chi connectivity index (χ0v) is 7.37. The molecular formula is C9H17NO2. The van der Waals surface area contributed by atoms with Crippen molar-refractivity contribution in [2.45, 2.75) is 31.5 Å². The van der Waals surface area contributed by atoms with Crippen molar-refractivity contribution in [3.63, 3.8) is 0 Å². The minimum Gasteiger partial charge on any atom is -0.379 e. The zero-order chi connectivity index (χ0) is 8.39. The fourth-order valence-electron chi connectivity index (χ4n) is 1.87. The lowest BCUT2D eigenvalue weighted by molar-refractivity contribution is -0.0739. The van der Waals surface area contributed by atoms with Gasteiger partial charge in [0.2, 0.25) is 0 Å². The first-order valence-electron chi connectivity index (χ1n) is 4.81. The van der Waals surface area contributed by atoms with Crippen LogP contribution in [-0.2, 0) is 9.47 Å². The fraction of sp³-hybridized carbons (Fsp3) is 1.00. The van der Waals surface area contributed by atoms with Crippen molar-refractivity contribution in [2.75, 3.05) is 19.8 Å². The molecule has 0 amide bonds. The molecule has 1 saturated heterocycles. The highest BCUT2D eigenvalue weighted by Crippen LogP contribution is 2.30. The summed E-state index contributed by atoms with van der Waals surface area (Å²) < 4.78 is 11.0. The summed E-state index contributed by atoms with van der Waals surface area (Å²) in [6.07, 6.45) is 4.24. The van der Waals surface area contributed by atoms with E-state index in [9.17, 15) is 0 Å². The SMILES string of the molecule is NCC1CC(OC2CCOC2)C1. The average molecular weight is 171 g/mol. The monoisotopic (exact) mass is 171 g/mol. The van der Waals surface area contributed by atoms with Crippen LogP contribution in [0.2, 0.25) is 0 Å². The second-order valence-corrected chi connectivity index (χ2v) is 3.82. The maximum Gasteiger partial charge on any atom is 0.0834 e. The van der Waals surface area contributed by atoms with E-state index in [0.717, 1.165) is 44.9 Å². The summed E-state index contributed by atoms with van der Waals surface area (Å²) in [4.78, 5) is 0. The van der Waals surface area contributed by atoms with Crippen molar-refractivity contribution in [1.82, 2.24) is 0 Å². The van der Waals surface area contributed by atoms with E-state index in [1.54, 1.807) is 0 Å². The van der Waals surface area contributed by atoms with Gasteiger partial charge >= 0.3 is 0 Å². The Balaban J connectivity index is 1.62. The van der Waals surface area contributed by atoms with Crippen molar-refractivity contribution >= 4 is 0 Å². The van der Waals surface area contributed by atoms with Gasteiger partial charge in [-0.1, -0.05) is 0 Å². The van der Waals surface area contributed by atoms with Gasteiger partial charge in [-0.15, -0.1) is 0 Å². The molecular weight excluding hydrogens is 154 g/mol. The van der Waals surface area contributed by atoms with Gasteiger partial charge in [-0.3, -0.25) is 0 Å². The molecule has 2 rings (SSSR count). The Morgan fingerprint density at radius 2 is 2.17 bits per heavy atom. The predicted octanol–water partition coefficient (Wildman–Crippen LogP) is 0.529. The predicted molar refractivity (Wildman–Crippen MR) is 45.9 cm³/mol. The number of hydrogen-bond acceptors (Lipinski definition) is 3. The minimum absolute atomic E-state index is 0.369. The largest absolute Gasteiger partial charge is 0.379 e. The molecule has 1 aliphatic heterocycles. The Morgan fingerprint density at radius 1 is 1.33 bits per heavy atom. The summed E-state index contributed by atoms with van der Waals surface area (Å²) in [7, 11) is 0. The molecule has 1 aliphatic carbocycles. The van der Waals surface area contributed by atoms with Crippen LogP contribution >= 0.6 is 0 Å². The summed E-state index contributed by atoms with van der Waals surface area (Å²) >= 11 is 0. The van der Waals surface area contributed by atoms with Gasteiger partial charge in [-0.2, -0.15) is 0 Å². The second-order valence-electron chi connectivity index (χ2n) is 3.82. The molecule has 0 aromatic heterocycles. The molecule has 3 heteroatoms. The fourth-order valence-corrected chi connectivity index (χ4v) is 1.87. The van der Waals surface area contributed by atoms with E-state index in [1.807, 2.05) is 0 Å². The van der Waals surface area contributed by atoms with E-state index in [-0.39, 0.29) is 0 Å². The highest BCUT2D eigenvalue weighted by Gasteiger charge is 2.31. The van der Waals surface area contributed by atoms with Crippen molar-refractivity contribution in [1.29, 1.82) is 0 Å². The second kappa shape index (κ2) is 3.73. The number of ether oxygens (including phenoxy) is 2. The van der Waals surface area contributed by atoms with Crippen molar-refractivity contribution in [3.05, 3.63) is 0 Å². The molecule has 1 heterocycles. The Hall–Kier alpha value is -0.120. The lowest BCUT2D eigenvalue weighted by atomic mass is 9.82. The van der Waals surface area contributed by atoms with Crippen molar-refractivity contribution < 1.29 is 9.47 Å². The molecule has 70 valence electrons.